The van der Waals surface area contributed by atoms with Crippen LogP contribution in [0.4, 0.5) is 13.2 Å². The zero-order valence-corrected chi connectivity index (χ0v) is 21.2. The Kier molecular flexibility index (Phi) is 5.84. The van der Waals surface area contributed by atoms with Gasteiger partial charge in [0.2, 0.25) is 0 Å². The number of benzene rings is 2. The molecule has 0 aromatic heterocycles. The highest BCUT2D eigenvalue weighted by molar-refractivity contribution is 6.74. The van der Waals surface area contributed by atoms with Gasteiger partial charge in [-0.25, -0.2) is 13.2 Å². The van der Waals surface area contributed by atoms with Gasteiger partial charge in [0.1, 0.15) is 11.9 Å². The maximum absolute atomic E-state index is 15.5. The highest BCUT2D eigenvalue weighted by Crippen LogP contribution is 2.54. The molecule has 174 valence electrons. The number of allylic oxidation sites excluding steroid dienone is 1. The fraction of sp³-hybridized carbons (Fsp3) is 0.423. The van der Waals surface area contributed by atoms with Crippen molar-refractivity contribution >= 4 is 25.5 Å². The predicted molar refractivity (Wildman–Crippen MR) is 128 cm³/mol. The summed E-state index contributed by atoms with van der Waals surface area (Å²) in [5, 5.41) is 9.66. The lowest BCUT2D eigenvalue weighted by molar-refractivity contribution is -0.0900. The SMILES string of the molecule is CC(C)(C)[Si](C)(C)O[C@H]1c2c(Cl)ccc(C3=CCCc4cc(F)cc(C#N)c43)c2CC1(F)F. The third-order valence-corrected chi connectivity index (χ3v) is 12.0. The molecule has 4 rings (SSSR count). The van der Waals surface area contributed by atoms with Gasteiger partial charge in [-0.15, -0.1) is 0 Å². The number of hydrogen-bond donors (Lipinski definition) is 0. The van der Waals surface area contributed by atoms with Gasteiger partial charge in [-0.3, -0.25) is 0 Å². The van der Waals surface area contributed by atoms with E-state index in [2.05, 4.69) is 6.07 Å². The number of halogens is 4. The van der Waals surface area contributed by atoms with Crippen molar-refractivity contribution in [2.24, 2.45) is 0 Å². The minimum Gasteiger partial charge on any atom is -0.404 e. The van der Waals surface area contributed by atoms with Crippen molar-refractivity contribution in [1.29, 1.82) is 5.26 Å². The number of alkyl halides is 2. The number of hydrogen-bond acceptors (Lipinski definition) is 2. The van der Waals surface area contributed by atoms with E-state index in [0.717, 1.165) is 0 Å². The number of rotatable bonds is 3. The van der Waals surface area contributed by atoms with Gasteiger partial charge < -0.3 is 4.43 Å². The average molecular weight is 490 g/mol. The second-order valence-corrected chi connectivity index (χ2v) is 15.6. The maximum Gasteiger partial charge on any atom is 0.280 e. The predicted octanol–water partition coefficient (Wildman–Crippen LogP) is 7.98. The van der Waals surface area contributed by atoms with Crippen LogP contribution in [0.25, 0.3) is 5.57 Å². The van der Waals surface area contributed by atoms with E-state index in [1.165, 1.54) is 12.1 Å². The van der Waals surface area contributed by atoms with Gasteiger partial charge in [0, 0.05) is 22.6 Å². The van der Waals surface area contributed by atoms with E-state index in [0.29, 0.717) is 46.2 Å². The first-order chi connectivity index (χ1) is 15.3. The summed E-state index contributed by atoms with van der Waals surface area (Å²) in [7, 11) is -2.52. The molecule has 0 unspecified atom stereocenters. The topological polar surface area (TPSA) is 33.0 Å². The van der Waals surface area contributed by atoms with E-state index >= 15 is 8.78 Å². The summed E-state index contributed by atoms with van der Waals surface area (Å²) < 4.78 is 51.2. The van der Waals surface area contributed by atoms with Crippen molar-refractivity contribution in [3.8, 4) is 6.07 Å². The first kappa shape index (κ1) is 24.1. The summed E-state index contributed by atoms with van der Waals surface area (Å²) in [6, 6.07) is 8.06. The molecule has 2 aromatic carbocycles. The number of nitriles is 1. The molecule has 2 nitrogen and oxygen atoms in total. The van der Waals surface area contributed by atoms with Crippen LogP contribution in [-0.2, 0) is 17.3 Å². The van der Waals surface area contributed by atoms with Crippen LogP contribution in [0.3, 0.4) is 0 Å². The molecule has 7 heteroatoms. The Morgan fingerprint density at radius 1 is 1.21 bits per heavy atom. The normalized spacial score (nSPS) is 19.5. The van der Waals surface area contributed by atoms with Crippen molar-refractivity contribution in [2.45, 2.75) is 70.2 Å². The third-order valence-electron chi connectivity index (χ3n) is 7.21. The number of nitrogens with zero attached hydrogens (tertiary/aromatic N) is 1. The molecule has 2 aromatic rings. The van der Waals surface area contributed by atoms with E-state index in [1.54, 1.807) is 12.1 Å². The van der Waals surface area contributed by atoms with Gasteiger partial charge in [-0.2, -0.15) is 5.26 Å². The van der Waals surface area contributed by atoms with Crippen molar-refractivity contribution in [1.82, 2.24) is 0 Å². The molecular weight excluding hydrogens is 463 g/mol. The van der Waals surface area contributed by atoms with Crippen LogP contribution < -0.4 is 0 Å². The Hall–Kier alpha value is -2.07. The van der Waals surface area contributed by atoms with Crippen LogP contribution >= 0.6 is 11.6 Å². The molecule has 33 heavy (non-hydrogen) atoms. The van der Waals surface area contributed by atoms with Gasteiger partial charge in [-0.05, 0) is 71.4 Å². The summed E-state index contributed by atoms with van der Waals surface area (Å²) in [4.78, 5) is 0. The van der Waals surface area contributed by atoms with Gasteiger partial charge in [0.05, 0.1) is 11.6 Å². The molecule has 0 aliphatic heterocycles. The number of fused-ring (bicyclic) bond motifs is 2. The highest BCUT2D eigenvalue weighted by atomic mass is 35.5. The molecule has 0 spiro atoms. The van der Waals surface area contributed by atoms with Crippen LogP contribution in [0.15, 0.2) is 30.3 Å². The van der Waals surface area contributed by atoms with Crippen LogP contribution in [0.1, 0.15) is 66.7 Å². The van der Waals surface area contributed by atoms with Crippen molar-refractivity contribution < 1.29 is 17.6 Å². The summed E-state index contributed by atoms with van der Waals surface area (Å²) in [5.41, 5.74) is 3.61. The second kappa shape index (κ2) is 8.01. The Bertz CT molecular complexity index is 1210. The van der Waals surface area contributed by atoms with E-state index in [4.69, 9.17) is 16.0 Å². The zero-order chi connectivity index (χ0) is 24.3. The zero-order valence-electron chi connectivity index (χ0n) is 19.5. The van der Waals surface area contributed by atoms with Gasteiger partial charge in [0.25, 0.3) is 5.92 Å². The smallest absolute Gasteiger partial charge is 0.280 e. The Labute approximate surface area is 199 Å². The molecule has 0 saturated heterocycles. The molecule has 0 heterocycles. The van der Waals surface area contributed by atoms with E-state index in [-0.39, 0.29) is 15.6 Å². The lowest BCUT2D eigenvalue weighted by atomic mass is 9.82. The van der Waals surface area contributed by atoms with Crippen LogP contribution in [0, 0.1) is 17.1 Å². The highest BCUT2D eigenvalue weighted by Gasteiger charge is 2.54. The van der Waals surface area contributed by atoms with Crippen LogP contribution in [-0.4, -0.2) is 14.2 Å². The molecule has 0 bridgehead atoms. The maximum atomic E-state index is 15.5. The standard InChI is InChI=1S/C26H27ClF3NOSi/c1-25(2,3)33(4,5)32-24-23-20(13-26(24,29)30)18(9-10-21(23)27)19-8-6-7-15-11-17(28)12-16(14-31)22(15)19/h8-12,24H,6-7,13H2,1-5H3/t24-/m0/s1. The first-order valence-electron chi connectivity index (χ1n) is 11.1. The minimum atomic E-state index is -3.11. The van der Waals surface area contributed by atoms with Gasteiger partial charge >= 0.3 is 0 Å². The number of aryl methyl sites for hydroxylation is 1. The quantitative estimate of drug-likeness (QED) is 0.409. The largest absolute Gasteiger partial charge is 0.404 e. The van der Waals surface area contributed by atoms with E-state index < -0.39 is 32.6 Å². The first-order valence-corrected chi connectivity index (χ1v) is 14.4. The third kappa shape index (κ3) is 4.05. The fourth-order valence-corrected chi connectivity index (χ4v) is 6.01. The molecule has 0 radical (unpaired) electrons. The molecule has 1 atom stereocenters. The molecular formula is C26H27ClF3NOSi. The minimum absolute atomic E-state index is 0.207. The van der Waals surface area contributed by atoms with Gasteiger partial charge in [-0.1, -0.05) is 44.5 Å². The van der Waals surface area contributed by atoms with Crippen LogP contribution in [0.5, 0.6) is 0 Å². The van der Waals surface area contributed by atoms with Crippen molar-refractivity contribution in [3.05, 3.63) is 74.6 Å². The fourth-order valence-electron chi connectivity index (χ4n) is 4.50. The lowest BCUT2D eigenvalue weighted by Crippen LogP contribution is -2.44. The molecule has 0 saturated carbocycles. The van der Waals surface area contributed by atoms with E-state index in [9.17, 15) is 9.65 Å². The summed E-state index contributed by atoms with van der Waals surface area (Å²) in [5.74, 6) is -3.58. The summed E-state index contributed by atoms with van der Waals surface area (Å²) in [6.45, 7) is 9.94. The molecule has 0 N–H and O–H groups in total. The monoisotopic (exact) mass is 489 g/mol. The molecule has 0 fully saturated rings. The Balaban J connectivity index is 1.89. The molecule has 2 aliphatic rings. The molecule has 0 amide bonds. The summed E-state index contributed by atoms with van der Waals surface area (Å²) in [6.07, 6.45) is 1.26. The Morgan fingerprint density at radius 2 is 1.91 bits per heavy atom. The van der Waals surface area contributed by atoms with Crippen LogP contribution in [0.2, 0.25) is 23.2 Å². The molecule has 2 aliphatic carbocycles. The lowest BCUT2D eigenvalue weighted by Gasteiger charge is -2.40. The average Bonchev–Trinajstić information content (AvgIpc) is 2.97. The second-order valence-electron chi connectivity index (χ2n) is 10.4. The summed E-state index contributed by atoms with van der Waals surface area (Å²) >= 11 is 6.51. The van der Waals surface area contributed by atoms with E-state index in [1.807, 2.05) is 39.9 Å². The van der Waals surface area contributed by atoms with Crippen molar-refractivity contribution in [3.63, 3.8) is 0 Å². The van der Waals surface area contributed by atoms with Crippen molar-refractivity contribution in [2.75, 3.05) is 0 Å². The van der Waals surface area contributed by atoms with Gasteiger partial charge in [0.15, 0.2) is 8.32 Å². The Morgan fingerprint density at radius 3 is 2.55 bits per heavy atom.